The van der Waals surface area contributed by atoms with Gasteiger partial charge in [0, 0.05) is 25.3 Å². The van der Waals surface area contributed by atoms with Crippen molar-refractivity contribution in [3.05, 3.63) is 36.7 Å². The van der Waals surface area contributed by atoms with Crippen LogP contribution in [-0.2, 0) is 4.79 Å². The molecule has 0 atom stereocenters. The predicted octanol–water partition coefficient (Wildman–Crippen LogP) is 2.04. The lowest BCUT2D eigenvalue weighted by Crippen LogP contribution is -2.35. The quantitative estimate of drug-likeness (QED) is 0.629. The van der Waals surface area contributed by atoms with Gasteiger partial charge in [0.1, 0.15) is 0 Å². The summed E-state index contributed by atoms with van der Waals surface area (Å²) < 4.78 is 1.92. The van der Waals surface area contributed by atoms with Gasteiger partial charge in [-0.3, -0.25) is 4.79 Å². The Balaban J connectivity index is 1.93. The number of amides is 1. The fourth-order valence-corrected chi connectivity index (χ4v) is 2.96. The Bertz CT molecular complexity index is 566. The van der Waals surface area contributed by atoms with Crippen molar-refractivity contribution in [2.75, 3.05) is 18.8 Å². The van der Waals surface area contributed by atoms with Crippen LogP contribution in [0.1, 0.15) is 20.3 Å². The molecule has 6 heteroatoms. The van der Waals surface area contributed by atoms with E-state index in [1.54, 1.807) is 18.1 Å². The average molecular weight is 305 g/mol. The summed E-state index contributed by atoms with van der Waals surface area (Å²) in [7, 11) is 0. The lowest BCUT2D eigenvalue weighted by atomic mass is 10.3. The molecule has 2 rings (SSSR count). The van der Waals surface area contributed by atoms with Gasteiger partial charge in [-0.25, -0.2) is 0 Å². The SMILES string of the molecule is CCN(CC)C(=O)CCSc1nc[nH][n+]1-c1ccccc1. The molecule has 1 N–H and O–H groups in total. The Morgan fingerprint density at radius 3 is 2.67 bits per heavy atom. The number of hydrogen-bond acceptors (Lipinski definition) is 3. The Kier molecular flexibility index (Phi) is 5.80. The fraction of sp³-hybridized carbons (Fsp3) is 0.400. The van der Waals surface area contributed by atoms with E-state index in [-0.39, 0.29) is 5.91 Å². The lowest BCUT2D eigenvalue weighted by Gasteiger charge is -2.17. The Hall–Kier alpha value is -1.82. The van der Waals surface area contributed by atoms with E-state index in [4.69, 9.17) is 0 Å². The minimum absolute atomic E-state index is 0.203. The van der Waals surface area contributed by atoms with Crippen LogP contribution in [0.2, 0.25) is 0 Å². The summed E-state index contributed by atoms with van der Waals surface area (Å²) in [5.41, 5.74) is 1.03. The van der Waals surface area contributed by atoms with Gasteiger partial charge in [0.25, 0.3) is 0 Å². The number of carbonyl (C=O) groups excluding carboxylic acids is 1. The van der Waals surface area contributed by atoms with Crippen LogP contribution in [0.4, 0.5) is 0 Å². The molecule has 0 unspecified atom stereocenters. The highest BCUT2D eigenvalue weighted by molar-refractivity contribution is 7.99. The summed E-state index contributed by atoms with van der Waals surface area (Å²) in [6.45, 7) is 5.55. The van der Waals surface area contributed by atoms with Gasteiger partial charge in [-0.2, -0.15) is 5.10 Å². The standard InChI is InChI=1S/C15H20N4OS/c1-3-18(4-2)14(20)10-11-21-15-16-12-17-19(15)13-8-6-5-7-9-13/h5-9,12H,3-4,10-11H2,1-2H3/p+1. The van der Waals surface area contributed by atoms with Crippen LogP contribution in [0.5, 0.6) is 0 Å². The van der Waals surface area contributed by atoms with Gasteiger partial charge in [0.15, 0.2) is 5.69 Å². The van der Waals surface area contributed by atoms with Crippen LogP contribution < -0.4 is 4.68 Å². The first kappa shape index (κ1) is 15.6. The topological polar surface area (TPSA) is 52.9 Å². The molecule has 0 saturated heterocycles. The summed E-state index contributed by atoms with van der Waals surface area (Å²) >= 11 is 1.59. The molecule has 1 aromatic heterocycles. The number of rotatable bonds is 7. The number of nitrogens with zero attached hydrogens (tertiary/aromatic N) is 3. The Morgan fingerprint density at radius 1 is 1.29 bits per heavy atom. The molecule has 0 bridgehead atoms. The second-order valence-electron chi connectivity index (χ2n) is 4.51. The molecular weight excluding hydrogens is 284 g/mol. The number of thioether (sulfide) groups is 1. The van der Waals surface area contributed by atoms with Gasteiger partial charge in [0.2, 0.25) is 12.2 Å². The Morgan fingerprint density at radius 2 is 2.00 bits per heavy atom. The van der Waals surface area contributed by atoms with Gasteiger partial charge < -0.3 is 4.90 Å². The van der Waals surface area contributed by atoms with Gasteiger partial charge in [-0.15, -0.1) is 4.68 Å². The normalized spacial score (nSPS) is 10.6. The predicted molar refractivity (Wildman–Crippen MR) is 83.4 cm³/mol. The van der Waals surface area contributed by atoms with Gasteiger partial charge in [-0.05, 0) is 42.7 Å². The highest BCUT2D eigenvalue weighted by atomic mass is 32.2. The van der Waals surface area contributed by atoms with Crippen LogP contribution in [0, 0.1) is 0 Å². The van der Waals surface area contributed by atoms with E-state index in [9.17, 15) is 4.79 Å². The number of hydrogen-bond donors (Lipinski definition) is 1. The van der Waals surface area contributed by atoms with Crippen LogP contribution in [-0.4, -0.2) is 39.7 Å². The first-order valence-electron chi connectivity index (χ1n) is 7.17. The Labute approximate surface area is 129 Å². The van der Waals surface area contributed by atoms with Crippen molar-refractivity contribution in [1.82, 2.24) is 15.0 Å². The van der Waals surface area contributed by atoms with Crippen molar-refractivity contribution in [1.29, 1.82) is 0 Å². The highest BCUT2D eigenvalue weighted by Gasteiger charge is 2.18. The monoisotopic (exact) mass is 305 g/mol. The molecule has 21 heavy (non-hydrogen) atoms. The molecule has 0 aliphatic heterocycles. The highest BCUT2D eigenvalue weighted by Crippen LogP contribution is 2.13. The van der Waals surface area contributed by atoms with Gasteiger partial charge in [-0.1, -0.05) is 18.2 Å². The maximum absolute atomic E-state index is 12.0. The van der Waals surface area contributed by atoms with Crippen molar-refractivity contribution in [2.45, 2.75) is 25.4 Å². The molecule has 112 valence electrons. The van der Waals surface area contributed by atoms with Crippen molar-refractivity contribution >= 4 is 17.7 Å². The zero-order chi connectivity index (χ0) is 15.1. The van der Waals surface area contributed by atoms with E-state index in [0.29, 0.717) is 6.42 Å². The molecular formula is C15H21N4OS+. The molecule has 5 nitrogen and oxygen atoms in total. The zero-order valence-electron chi connectivity index (χ0n) is 12.5. The number of para-hydroxylation sites is 1. The molecule has 0 aliphatic rings. The van der Waals surface area contributed by atoms with Gasteiger partial charge in [0.05, 0.1) is 0 Å². The fourth-order valence-electron chi connectivity index (χ4n) is 2.08. The number of nitrogens with one attached hydrogen (secondary N) is 1. The average Bonchev–Trinajstić information content (AvgIpc) is 2.98. The third-order valence-corrected chi connectivity index (χ3v) is 4.19. The van der Waals surface area contributed by atoms with E-state index in [2.05, 4.69) is 10.1 Å². The van der Waals surface area contributed by atoms with Crippen molar-refractivity contribution in [3.8, 4) is 5.69 Å². The van der Waals surface area contributed by atoms with E-state index in [1.165, 1.54) is 0 Å². The third-order valence-electron chi connectivity index (χ3n) is 3.23. The molecule has 2 aromatic rings. The second-order valence-corrected chi connectivity index (χ2v) is 5.57. The number of carbonyl (C=O) groups is 1. The molecule has 0 aliphatic carbocycles. The summed E-state index contributed by atoms with van der Waals surface area (Å²) in [4.78, 5) is 18.1. The van der Waals surface area contributed by atoms with Gasteiger partial charge >= 0.3 is 5.16 Å². The molecule has 0 saturated carbocycles. The first-order chi connectivity index (χ1) is 10.3. The number of benzene rings is 1. The number of H-pyrrole nitrogens is 1. The smallest absolute Gasteiger partial charge is 0.343 e. The summed E-state index contributed by atoms with van der Waals surface area (Å²) in [5, 5.41) is 3.96. The second kappa shape index (κ2) is 7.83. The van der Waals surface area contributed by atoms with Crippen LogP contribution in [0.25, 0.3) is 5.69 Å². The lowest BCUT2D eigenvalue weighted by molar-refractivity contribution is -0.694. The molecule has 1 heterocycles. The summed E-state index contributed by atoms with van der Waals surface area (Å²) in [6, 6.07) is 9.99. The molecule has 0 spiro atoms. The summed E-state index contributed by atoms with van der Waals surface area (Å²) in [6.07, 6.45) is 2.20. The maximum Gasteiger partial charge on any atom is 0.385 e. The molecule has 0 fully saturated rings. The number of aromatic amines is 1. The van der Waals surface area contributed by atoms with Crippen LogP contribution >= 0.6 is 11.8 Å². The van der Waals surface area contributed by atoms with Crippen molar-refractivity contribution in [3.63, 3.8) is 0 Å². The minimum Gasteiger partial charge on any atom is -0.343 e. The first-order valence-corrected chi connectivity index (χ1v) is 8.16. The third kappa shape index (κ3) is 4.07. The maximum atomic E-state index is 12.0. The minimum atomic E-state index is 0.203. The summed E-state index contributed by atoms with van der Waals surface area (Å²) in [5.74, 6) is 0.932. The molecule has 1 aromatic carbocycles. The van der Waals surface area contributed by atoms with Crippen molar-refractivity contribution in [2.24, 2.45) is 0 Å². The number of aromatic nitrogens is 3. The van der Waals surface area contributed by atoms with E-state index in [1.807, 2.05) is 53.8 Å². The van der Waals surface area contributed by atoms with Crippen molar-refractivity contribution < 1.29 is 9.48 Å². The van der Waals surface area contributed by atoms with E-state index in [0.717, 1.165) is 29.7 Å². The van der Waals surface area contributed by atoms with E-state index < -0.39 is 0 Å². The van der Waals surface area contributed by atoms with Crippen LogP contribution in [0.3, 0.4) is 0 Å². The largest absolute Gasteiger partial charge is 0.385 e. The zero-order valence-corrected chi connectivity index (χ0v) is 13.3. The molecule has 0 radical (unpaired) electrons. The van der Waals surface area contributed by atoms with Crippen LogP contribution in [0.15, 0.2) is 41.8 Å². The van der Waals surface area contributed by atoms with E-state index >= 15 is 0 Å². The molecule has 1 amide bonds.